The van der Waals surface area contributed by atoms with Crippen LogP contribution in [0.5, 0.6) is 0 Å². The number of allylic oxidation sites excluding steroid dienone is 8. The number of Topliss-reactive ketones (excluding diaryl/α,β-unsaturated/α-hetero) is 2. The lowest BCUT2D eigenvalue weighted by molar-refractivity contribution is -0.120. The Labute approximate surface area is 302 Å². The number of aliphatic imine (C=N–C) groups is 1. The van der Waals surface area contributed by atoms with Crippen molar-refractivity contribution in [3.05, 3.63) is 88.6 Å². The molecule has 6 N–H and O–H groups in total. The van der Waals surface area contributed by atoms with Gasteiger partial charge in [0.2, 0.25) is 0 Å². The minimum atomic E-state index is -0.216. The van der Waals surface area contributed by atoms with Crippen LogP contribution < -0.4 is 16.8 Å². The summed E-state index contributed by atoms with van der Waals surface area (Å²) in [7, 11) is 1.61. The zero-order valence-corrected chi connectivity index (χ0v) is 32.5. The molecule has 0 aliphatic carbocycles. The quantitative estimate of drug-likeness (QED) is 0.0351. The van der Waals surface area contributed by atoms with E-state index in [9.17, 15) is 14.0 Å². The van der Waals surface area contributed by atoms with E-state index in [1.165, 1.54) is 19.3 Å². The smallest absolute Gasteiger partial charge is 0.160 e. The fraction of sp³-hybridized carbons (Fsp3) is 0.512. The number of rotatable bonds is 20. The van der Waals surface area contributed by atoms with Gasteiger partial charge in [0.1, 0.15) is 11.6 Å². The van der Waals surface area contributed by atoms with Crippen LogP contribution in [0.4, 0.5) is 10.1 Å². The van der Waals surface area contributed by atoms with E-state index in [4.69, 9.17) is 20.9 Å². The third kappa shape index (κ3) is 20.5. The van der Waals surface area contributed by atoms with Crippen LogP contribution in [0, 0.1) is 11.3 Å². The van der Waals surface area contributed by atoms with Gasteiger partial charge in [0, 0.05) is 36.6 Å². The Bertz CT molecular complexity index is 1340. The van der Waals surface area contributed by atoms with Crippen LogP contribution >= 0.6 is 0 Å². The number of halogens is 1. The largest absolute Gasteiger partial charge is 0.390 e. The summed E-state index contributed by atoms with van der Waals surface area (Å²) in [6.07, 6.45) is 19.1. The molecule has 0 amide bonds. The minimum absolute atomic E-state index is 0.0601. The molecule has 1 aromatic rings. The lowest BCUT2D eigenvalue weighted by atomic mass is 9.94. The van der Waals surface area contributed by atoms with Gasteiger partial charge in [0.25, 0.3) is 0 Å². The average Bonchev–Trinajstić information content (AvgIpc) is 3.10. The molecule has 50 heavy (non-hydrogen) atoms. The van der Waals surface area contributed by atoms with E-state index in [-0.39, 0.29) is 29.4 Å². The van der Waals surface area contributed by atoms with Crippen LogP contribution in [0.2, 0.25) is 0 Å². The molecule has 0 saturated heterocycles. The molecule has 280 valence electrons. The van der Waals surface area contributed by atoms with Crippen molar-refractivity contribution in [3.63, 3.8) is 0 Å². The SMILES string of the molecule is CCCCCCC(=O)C(N)CC.C\C=C/C=C(Nc1ccc(C(C)=O)c(CC)c1)\C(C)=N\C=C(C(\C=C/COC)=C(/F)CC)/C(C)C.N=CN. The van der Waals surface area contributed by atoms with Gasteiger partial charge in [-0.15, -0.1) is 0 Å². The molecule has 0 bridgehead atoms. The number of methoxy groups -OCH3 is 1. The fourth-order valence-corrected chi connectivity index (χ4v) is 4.61. The second kappa shape index (κ2) is 29.9. The van der Waals surface area contributed by atoms with E-state index in [0.29, 0.717) is 25.0 Å². The fourth-order valence-electron chi connectivity index (χ4n) is 4.61. The minimum Gasteiger partial charge on any atom is -0.390 e. The topological polar surface area (TPSA) is 144 Å². The van der Waals surface area contributed by atoms with Crippen molar-refractivity contribution in [2.45, 2.75) is 120 Å². The number of nitrogens with zero attached hydrogens (tertiary/aromatic N) is 1. The van der Waals surface area contributed by atoms with Crippen LogP contribution in [0.15, 0.2) is 82.4 Å². The Kier molecular flexibility index (Phi) is 28.8. The summed E-state index contributed by atoms with van der Waals surface area (Å²) in [5.41, 5.74) is 15.5. The molecule has 0 spiro atoms. The summed E-state index contributed by atoms with van der Waals surface area (Å²) in [5, 5.41) is 9.30. The van der Waals surface area contributed by atoms with Gasteiger partial charge in [-0.2, -0.15) is 0 Å². The van der Waals surface area contributed by atoms with Gasteiger partial charge < -0.3 is 21.5 Å². The zero-order valence-electron chi connectivity index (χ0n) is 32.5. The highest BCUT2D eigenvalue weighted by Gasteiger charge is 2.13. The van der Waals surface area contributed by atoms with Crippen LogP contribution in [0.1, 0.15) is 123 Å². The van der Waals surface area contributed by atoms with E-state index < -0.39 is 0 Å². The third-order valence-corrected chi connectivity index (χ3v) is 7.60. The summed E-state index contributed by atoms with van der Waals surface area (Å²) in [4.78, 5) is 27.8. The lowest BCUT2D eigenvalue weighted by Gasteiger charge is -2.15. The maximum Gasteiger partial charge on any atom is 0.160 e. The van der Waals surface area contributed by atoms with Crippen molar-refractivity contribution in [1.29, 1.82) is 5.41 Å². The molecule has 0 saturated carbocycles. The summed E-state index contributed by atoms with van der Waals surface area (Å²) in [6.45, 7) is 17.9. The van der Waals surface area contributed by atoms with E-state index in [2.05, 4.69) is 18.0 Å². The summed E-state index contributed by atoms with van der Waals surface area (Å²) in [5.74, 6) is 0.192. The average molecular weight is 696 g/mol. The van der Waals surface area contributed by atoms with Gasteiger partial charge in [-0.3, -0.25) is 20.0 Å². The molecule has 1 unspecified atom stereocenters. The number of ether oxygens (including phenoxy) is 1. The molecule has 0 aliphatic rings. The Balaban J connectivity index is 0. The standard InChI is InChI=1S/C30H41FN2O2.C10H21NO.CH4N2/c1-9-12-15-30(33-25-16-17-26(23(7)34)24(10-2)19-25)22(6)32-20-28(21(4)5)27(29(31)11-3)14-13-18-35-8;1-3-5-6-7-8-10(12)9(11)4-2;2-1-3/h9,12-17,19-21,33H,10-11,18H2,1-8H3;9H,3-8,11H2,1-2H3;1H,(H3,2,3)/b12-9-,14-13-,28-20+,29-27-,30-15+,32-22+;;. The second-order valence-corrected chi connectivity index (χ2v) is 12.0. The zero-order chi connectivity index (χ0) is 38.5. The first kappa shape index (κ1) is 48.2. The first-order chi connectivity index (χ1) is 23.8. The number of hydrogen-bond acceptors (Lipinski definition) is 7. The Morgan fingerprint density at radius 3 is 2.26 bits per heavy atom. The van der Waals surface area contributed by atoms with Gasteiger partial charge in [-0.25, -0.2) is 4.39 Å². The predicted octanol–water partition coefficient (Wildman–Crippen LogP) is 9.98. The first-order valence-corrected chi connectivity index (χ1v) is 17.9. The van der Waals surface area contributed by atoms with E-state index in [1.807, 2.05) is 84.0 Å². The first-order valence-electron chi connectivity index (χ1n) is 17.9. The molecule has 0 fully saturated rings. The van der Waals surface area contributed by atoms with Crippen molar-refractivity contribution in [1.82, 2.24) is 0 Å². The van der Waals surface area contributed by atoms with Crippen molar-refractivity contribution < 1.29 is 18.7 Å². The van der Waals surface area contributed by atoms with E-state index >= 15 is 0 Å². The highest BCUT2D eigenvalue weighted by Crippen LogP contribution is 2.27. The number of carbonyl (C=O) groups is 2. The summed E-state index contributed by atoms with van der Waals surface area (Å²) in [6, 6.07) is 5.55. The molecule has 8 nitrogen and oxygen atoms in total. The summed E-state index contributed by atoms with van der Waals surface area (Å²) < 4.78 is 19.9. The Hall–Kier alpha value is -3.95. The molecule has 0 aliphatic heterocycles. The number of anilines is 1. The number of unbranched alkanes of at least 4 members (excludes halogenated alkanes) is 3. The molecule has 1 atom stereocenters. The van der Waals surface area contributed by atoms with Gasteiger partial charge >= 0.3 is 0 Å². The number of benzene rings is 1. The number of aryl methyl sites for hydroxylation is 1. The maximum atomic E-state index is 14.8. The van der Waals surface area contributed by atoms with Crippen molar-refractivity contribution >= 4 is 29.3 Å². The second-order valence-electron chi connectivity index (χ2n) is 12.0. The van der Waals surface area contributed by atoms with Gasteiger partial charge in [0.15, 0.2) is 5.78 Å². The molecule has 0 heterocycles. The molecule has 0 radical (unpaired) electrons. The van der Waals surface area contributed by atoms with Crippen LogP contribution in [0.3, 0.4) is 0 Å². The van der Waals surface area contributed by atoms with E-state index in [1.54, 1.807) is 33.2 Å². The summed E-state index contributed by atoms with van der Waals surface area (Å²) >= 11 is 0. The number of nitrogens with two attached hydrogens (primary N) is 2. The molecular formula is C41H66FN5O3. The number of ketones is 2. The predicted molar refractivity (Wildman–Crippen MR) is 213 cm³/mol. The van der Waals surface area contributed by atoms with E-state index in [0.717, 1.165) is 59.4 Å². The monoisotopic (exact) mass is 696 g/mol. The highest BCUT2D eigenvalue weighted by atomic mass is 19.1. The highest BCUT2D eigenvalue weighted by molar-refractivity contribution is 6.01. The third-order valence-electron chi connectivity index (χ3n) is 7.60. The molecular weight excluding hydrogens is 629 g/mol. The van der Waals surface area contributed by atoms with Crippen molar-refractivity contribution in [3.8, 4) is 0 Å². The number of nitrogens with one attached hydrogen (secondary N) is 2. The van der Waals surface area contributed by atoms with Crippen LogP contribution in [-0.4, -0.2) is 43.4 Å². The molecule has 1 aromatic carbocycles. The van der Waals surface area contributed by atoms with Crippen molar-refractivity contribution in [2.24, 2.45) is 22.4 Å². The Morgan fingerprint density at radius 2 is 1.76 bits per heavy atom. The van der Waals surface area contributed by atoms with Crippen LogP contribution in [-0.2, 0) is 16.0 Å². The normalized spacial score (nSPS) is 13.3. The maximum absolute atomic E-state index is 14.8. The number of hydrogen-bond donors (Lipinski definition) is 4. The molecule has 1 rings (SSSR count). The number of carbonyl (C=O) groups excluding carboxylic acids is 2. The molecule has 0 aromatic heterocycles. The Morgan fingerprint density at radius 1 is 1.10 bits per heavy atom. The van der Waals surface area contributed by atoms with Crippen molar-refractivity contribution in [2.75, 3.05) is 19.0 Å². The van der Waals surface area contributed by atoms with Gasteiger partial charge in [0.05, 0.1) is 30.4 Å². The van der Waals surface area contributed by atoms with Gasteiger partial charge in [-0.05, 0) is 87.8 Å². The van der Waals surface area contributed by atoms with Gasteiger partial charge in [-0.1, -0.05) is 85.1 Å². The lowest BCUT2D eigenvalue weighted by Crippen LogP contribution is -2.29. The van der Waals surface area contributed by atoms with Crippen LogP contribution in [0.25, 0.3) is 0 Å². The molecule has 9 heteroatoms.